The number of aryl methyl sites for hydroxylation is 1. The summed E-state index contributed by atoms with van der Waals surface area (Å²) in [5, 5.41) is 3.44. The standard InChI is InChI=1S/C11H13N3O3S/c1-7-3-4-10(12)8(2)11(7)18(15,16)14-9-5-13-17-6-9/h3-6,14H,12H2,1-2H3. The molecule has 0 bridgehead atoms. The molecule has 0 spiro atoms. The molecular weight excluding hydrogens is 254 g/mol. The van der Waals surface area contributed by atoms with E-state index in [4.69, 9.17) is 5.73 Å². The molecule has 6 nitrogen and oxygen atoms in total. The molecule has 0 aliphatic rings. The topological polar surface area (TPSA) is 98.2 Å². The molecule has 0 saturated carbocycles. The molecule has 0 saturated heterocycles. The van der Waals surface area contributed by atoms with Crippen molar-refractivity contribution in [1.29, 1.82) is 0 Å². The third-order valence-corrected chi connectivity index (χ3v) is 4.27. The van der Waals surface area contributed by atoms with Gasteiger partial charge in [-0.2, -0.15) is 0 Å². The number of nitrogen functional groups attached to an aromatic ring is 1. The Morgan fingerprint density at radius 1 is 1.33 bits per heavy atom. The van der Waals surface area contributed by atoms with E-state index in [1.807, 2.05) is 0 Å². The molecule has 2 rings (SSSR count). The largest absolute Gasteiger partial charge is 0.398 e. The van der Waals surface area contributed by atoms with Crippen LogP contribution in [0.3, 0.4) is 0 Å². The maximum atomic E-state index is 12.3. The van der Waals surface area contributed by atoms with Crippen LogP contribution in [-0.4, -0.2) is 13.6 Å². The summed E-state index contributed by atoms with van der Waals surface area (Å²) in [5.74, 6) is 0. The zero-order valence-corrected chi connectivity index (χ0v) is 10.8. The monoisotopic (exact) mass is 267 g/mol. The van der Waals surface area contributed by atoms with Crippen LogP contribution < -0.4 is 10.5 Å². The fourth-order valence-corrected chi connectivity index (χ4v) is 3.24. The van der Waals surface area contributed by atoms with Gasteiger partial charge in [0.1, 0.15) is 12.0 Å². The van der Waals surface area contributed by atoms with Gasteiger partial charge in [0, 0.05) is 5.69 Å². The molecule has 0 radical (unpaired) electrons. The third kappa shape index (κ3) is 2.17. The fourth-order valence-electron chi connectivity index (χ4n) is 1.72. The van der Waals surface area contributed by atoms with Gasteiger partial charge < -0.3 is 10.3 Å². The highest BCUT2D eigenvalue weighted by atomic mass is 32.2. The number of hydrogen-bond acceptors (Lipinski definition) is 5. The van der Waals surface area contributed by atoms with Crippen molar-refractivity contribution in [2.75, 3.05) is 10.5 Å². The second kappa shape index (κ2) is 4.34. The van der Waals surface area contributed by atoms with E-state index >= 15 is 0 Å². The van der Waals surface area contributed by atoms with Crippen LogP contribution in [0.5, 0.6) is 0 Å². The number of sulfonamides is 1. The molecule has 1 aromatic heterocycles. The minimum Gasteiger partial charge on any atom is -0.398 e. The van der Waals surface area contributed by atoms with Crippen LogP contribution in [0.15, 0.2) is 34.0 Å². The van der Waals surface area contributed by atoms with Gasteiger partial charge >= 0.3 is 0 Å². The quantitative estimate of drug-likeness (QED) is 0.824. The molecule has 18 heavy (non-hydrogen) atoms. The minimum absolute atomic E-state index is 0.184. The van der Waals surface area contributed by atoms with Crippen LogP contribution in [0.4, 0.5) is 11.4 Å². The van der Waals surface area contributed by atoms with E-state index in [-0.39, 0.29) is 10.6 Å². The highest BCUT2D eigenvalue weighted by Gasteiger charge is 2.21. The van der Waals surface area contributed by atoms with E-state index in [0.717, 1.165) is 0 Å². The van der Waals surface area contributed by atoms with Crippen LogP contribution in [0.25, 0.3) is 0 Å². The first-order chi connectivity index (χ1) is 8.42. The van der Waals surface area contributed by atoms with Crippen molar-refractivity contribution >= 4 is 21.4 Å². The summed E-state index contributed by atoms with van der Waals surface area (Å²) in [6.07, 6.45) is 2.50. The average molecular weight is 267 g/mol. The van der Waals surface area contributed by atoms with Gasteiger partial charge in [0.15, 0.2) is 0 Å². The molecule has 2 aromatic rings. The van der Waals surface area contributed by atoms with Gasteiger partial charge in [-0.25, -0.2) is 8.42 Å². The Kier molecular flexibility index (Phi) is 3.00. The van der Waals surface area contributed by atoms with Crippen LogP contribution in [0.2, 0.25) is 0 Å². The number of nitrogens with zero attached hydrogens (tertiary/aromatic N) is 1. The Bertz CT molecular complexity index is 663. The lowest BCUT2D eigenvalue weighted by molar-refractivity contribution is 0.420. The van der Waals surface area contributed by atoms with Crippen molar-refractivity contribution in [2.24, 2.45) is 0 Å². The van der Waals surface area contributed by atoms with E-state index < -0.39 is 10.0 Å². The van der Waals surface area contributed by atoms with Gasteiger partial charge in [-0.05, 0) is 31.0 Å². The van der Waals surface area contributed by atoms with Crippen LogP contribution >= 0.6 is 0 Å². The van der Waals surface area contributed by atoms with E-state index in [1.165, 1.54) is 12.5 Å². The molecule has 7 heteroatoms. The highest BCUT2D eigenvalue weighted by Crippen LogP contribution is 2.26. The number of benzene rings is 1. The first kappa shape index (κ1) is 12.4. The Morgan fingerprint density at radius 2 is 2.06 bits per heavy atom. The van der Waals surface area contributed by atoms with Crippen molar-refractivity contribution < 1.29 is 12.9 Å². The number of hydrogen-bond donors (Lipinski definition) is 2. The molecule has 3 N–H and O–H groups in total. The van der Waals surface area contributed by atoms with Gasteiger partial charge in [0.05, 0.1) is 11.1 Å². The molecule has 0 amide bonds. The van der Waals surface area contributed by atoms with Crippen molar-refractivity contribution in [2.45, 2.75) is 18.7 Å². The van der Waals surface area contributed by atoms with Gasteiger partial charge in [0.2, 0.25) is 0 Å². The van der Waals surface area contributed by atoms with Crippen molar-refractivity contribution in [1.82, 2.24) is 5.16 Å². The zero-order chi connectivity index (χ0) is 13.3. The normalized spacial score (nSPS) is 11.4. The SMILES string of the molecule is Cc1ccc(N)c(C)c1S(=O)(=O)Nc1cnoc1. The fraction of sp³-hybridized carbons (Fsp3) is 0.182. The maximum absolute atomic E-state index is 12.3. The second-order valence-corrected chi connectivity index (χ2v) is 5.56. The molecule has 0 fully saturated rings. The summed E-state index contributed by atoms with van der Waals surface area (Å²) >= 11 is 0. The van der Waals surface area contributed by atoms with E-state index in [9.17, 15) is 8.42 Å². The van der Waals surface area contributed by atoms with Crippen LogP contribution in [-0.2, 0) is 10.0 Å². The van der Waals surface area contributed by atoms with Crippen LogP contribution in [0.1, 0.15) is 11.1 Å². The number of aromatic nitrogens is 1. The Balaban J connectivity index is 2.51. The van der Waals surface area contributed by atoms with Gasteiger partial charge in [-0.15, -0.1) is 0 Å². The molecule has 0 aliphatic carbocycles. The van der Waals surface area contributed by atoms with E-state index in [2.05, 4.69) is 14.4 Å². The highest BCUT2D eigenvalue weighted by molar-refractivity contribution is 7.92. The molecule has 1 heterocycles. The smallest absolute Gasteiger partial charge is 0.262 e. The van der Waals surface area contributed by atoms with Crippen molar-refractivity contribution in [3.63, 3.8) is 0 Å². The Labute approximate surface area is 105 Å². The first-order valence-corrected chi connectivity index (χ1v) is 6.68. The number of nitrogens with one attached hydrogen (secondary N) is 1. The van der Waals surface area contributed by atoms with Gasteiger partial charge in [-0.1, -0.05) is 11.2 Å². The summed E-state index contributed by atoms with van der Waals surface area (Å²) in [7, 11) is -3.70. The van der Waals surface area contributed by atoms with Gasteiger partial charge in [-0.3, -0.25) is 4.72 Å². The van der Waals surface area contributed by atoms with E-state index in [0.29, 0.717) is 16.8 Å². The predicted octanol–water partition coefficient (Wildman–Crippen LogP) is 1.67. The number of nitrogens with two attached hydrogens (primary N) is 1. The Hall–Kier alpha value is -2.02. The summed E-state index contributed by atoms with van der Waals surface area (Å²) in [5.41, 5.74) is 7.60. The maximum Gasteiger partial charge on any atom is 0.262 e. The summed E-state index contributed by atoms with van der Waals surface area (Å²) in [6, 6.07) is 3.35. The van der Waals surface area contributed by atoms with Gasteiger partial charge in [0.25, 0.3) is 10.0 Å². The summed E-state index contributed by atoms with van der Waals surface area (Å²) in [6.45, 7) is 3.39. The third-order valence-electron chi connectivity index (χ3n) is 2.60. The van der Waals surface area contributed by atoms with Crippen LogP contribution in [0, 0.1) is 13.8 Å². The van der Waals surface area contributed by atoms with Crippen molar-refractivity contribution in [3.8, 4) is 0 Å². The second-order valence-electron chi connectivity index (χ2n) is 3.94. The number of anilines is 2. The molecule has 0 unspecified atom stereocenters. The lowest BCUT2D eigenvalue weighted by Crippen LogP contribution is -2.16. The minimum atomic E-state index is -3.70. The first-order valence-electron chi connectivity index (χ1n) is 5.19. The summed E-state index contributed by atoms with van der Waals surface area (Å²) < 4.78 is 31.5. The molecule has 0 atom stereocenters. The Morgan fingerprint density at radius 3 is 2.67 bits per heavy atom. The number of rotatable bonds is 3. The summed E-state index contributed by atoms with van der Waals surface area (Å²) in [4.78, 5) is 0.184. The molecule has 0 aliphatic heterocycles. The zero-order valence-electron chi connectivity index (χ0n) is 9.97. The molecule has 96 valence electrons. The predicted molar refractivity (Wildman–Crippen MR) is 67.6 cm³/mol. The lowest BCUT2D eigenvalue weighted by atomic mass is 10.1. The molecule has 1 aromatic carbocycles. The van der Waals surface area contributed by atoms with Crippen molar-refractivity contribution in [3.05, 3.63) is 35.7 Å². The molecular formula is C11H13N3O3S. The average Bonchev–Trinajstić information content (AvgIpc) is 2.75. The van der Waals surface area contributed by atoms with E-state index in [1.54, 1.807) is 26.0 Å². The lowest BCUT2D eigenvalue weighted by Gasteiger charge is -2.13.